The van der Waals surface area contributed by atoms with Gasteiger partial charge in [0.05, 0.1) is 54.4 Å². The molecule has 4 aromatic rings. The Bertz CT molecular complexity index is 2400. The first-order chi connectivity index (χ1) is 32.1. The van der Waals surface area contributed by atoms with E-state index in [1.54, 1.807) is 55.9 Å². The zero-order valence-corrected chi connectivity index (χ0v) is 40.7. The fourth-order valence-corrected chi connectivity index (χ4v) is 10.1. The number of nitrogens with one attached hydrogen (secondary N) is 4. The number of thioether (sulfide) groups is 1. The zero-order chi connectivity index (χ0) is 47.9. The summed E-state index contributed by atoms with van der Waals surface area (Å²) in [5, 5.41) is 22.7. The molecule has 2 saturated heterocycles. The first kappa shape index (κ1) is 49.8. The monoisotopic (exact) mass is 980 g/mol. The predicted octanol–water partition coefficient (Wildman–Crippen LogP) is 4.91. The van der Waals surface area contributed by atoms with Gasteiger partial charge in [0.15, 0.2) is 5.67 Å². The number of aliphatic hydroxyl groups is 1. The van der Waals surface area contributed by atoms with Gasteiger partial charge in [-0.2, -0.15) is 16.7 Å². The second-order valence-electron chi connectivity index (χ2n) is 17.3. The van der Waals surface area contributed by atoms with Crippen LogP contribution in [0.3, 0.4) is 0 Å². The van der Waals surface area contributed by atoms with Crippen LogP contribution in [-0.2, 0) is 25.7 Å². The van der Waals surface area contributed by atoms with Gasteiger partial charge in [-0.25, -0.2) is 14.4 Å². The molecule has 0 bridgehead atoms. The minimum absolute atomic E-state index is 0.0316. The average molecular weight is 982 g/mol. The molecule has 17 nitrogen and oxygen atoms in total. The van der Waals surface area contributed by atoms with E-state index in [0.29, 0.717) is 85.5 Å². The number of alkyl halides is 1. The van der Waals surface area contributed by atoms with Crippen LogP contribution in [0, 0.1) is 6.92 Å². The number of ether oxygens (including phenoxy) is 2. The largest absolute Gasteiger partial charge is 0.495 e. The fraction of sp³-hybridized carbons (Fsp3) is 0.500. The Balaban J connectivity index is 0.867. The van der Waals surface area contributed by atoms with Crippen molar-refractivity contribution in [2.24, 2.45) is 0 Å². The van der Waals surface area contributed by atoms with Crippen molar-refractivity contribution in [3.8, 4) is 16.2 Å². The van der Waals surface area contributed by atoms with Crippen molar-refractivity contribution in [3.63, 3.8) is 0 Å². The molecule has 0 radical (unpaired) electrons. The minimum atomic E-state index is -2.03. The number of aliphatic hydroxyl groups excluding tert-OH is 1. The third-order valence-corrected chi connectivity index (χ3v) is 14.8. The molecule has 1 saturated carbocycles. The Kier molecular flexibility index (Phi) is 16.3. The number of rotatable bonds is 20. The first-order valence-electron chi connectivity index (χ1n) is 22.2. The molecule has 3 fully saturated rings. The number of aromatic nitrogens is 3. The molecular weight excluding hydrogens is 923 g/mol. The van der Waals surface area contributed by atoms with Crippen LogP contribution in [0.25, 0.3) is 10.4 Å². The Labute approximate surface area is 402 Å². The Hall–Kier alpha value is -5.12. The van der Waals surface area contributed by atoms with Crippen molar-refractivity contribution in [1.82, 2.24) is 40.3 Å². The van der Waals surface area contributed by atoms with E-state index in [1.807, 2.05) is 36.1 Å². The molecule has 2 aliphatic heterocycles. The lowest BCUT2D eigenvalue weighted by Gasteiger charge is -2.37. The number of benzene rings is 2. The molecule has 7 rings (SSSR count). The standard InChI is InChI=1S/C46H58ClFN10O7S2/c1-28-37(66-27-52-28)30-8-6-29(7-9-30)24-50-40(60)35-23-32(59)26-58(35)42(62)38(54-43(63)46(48)12-13-46)45(2,3)67-21-20-65-19-18-56-14-16-57(17-15-56)41(61)31-10-11-34(36(22-31)64-5)53-44-51-25-33(47)39(49-4)55-44/h6-11,22,25,27,32,35,38,59H,12-21,23-24,26H2,1-5H3,(H,50,60)(H,54,63)(H2,49,51,53,55)/t32-,35+,38-/m1/s1. The molecule has 360 valence electrons. The van der Waals surface area contributed by atoms with Gasteiger partial charge in [0.1, 0.15) is 28.7 Å². The van der Waals surface area contributed by atoms with Crippen molar-refractivity contribution in [3.05, 3.63) is 76.0 Å². The van der Waals surface area contributed by atoms with Gasteiger partial charge >= 0.3 is 0 Å². The highest BCUT2D eigenvalue weighted by Gasteiger charge is 2.54. The molecule has 2 aromatic carbocycles. The molecule has 3 aliphatic rings. The molecular formula is C46H58ClFN10O7S2. The number of likely N-dealkylation sites (tertiary alicyclic amines) is 1. The van der Waals surface area contributed by atoms with Crippen molar-refractivity contribution in [2.45, 2.75) is 75.2 Å². The van der Waals surface area contributed by atoms with Crippen molar-refractivity contribution >= 4 is 75.8 Å². The van der Waals surface area contributed by atoms with Gasteiger partial charge in [-0.1, -0.05) is 35.9 Å². The number of β-amino-alcohol motifs (C(OH)–C–C–N with tert-alkyl or cyclic N) is 1. The van der Waals surface area contributed by atoms with E-state index >= 15 is 4.39 Å². The van der Waals surface area contributed by atoms with Crippen LogP contribution in [0.1, 0.15) is 54.7 Å². The lowest BCUT2D eigenvalue weighted by Crippen LogP contribution is -2.61. The lowest BCUT2D eigenvalue weighted by molar-refractivity contribution is -0.143. The van der Waals surface area contributed by atoms with Crippen LogP contribution in [0.2, 0.25) is 5.02 Å². The Morgan fingerprint density at radius 3 is 2.49 bits per heavy atom. The van der Waals surface area contributed by atoms with Crippen LogP contribution >= 0.6 is 34.7 Å². The summed E-state index contributed by atoms with van der Waals surface area (Å²) in [5.41, 5.74) is 3.69. The summed E-state index contributed by atoms with van der Waals surface area (Å²) in [4.78, 5) is 73.9. The number of amides is 4. The van der Waals surface area contributed by atoms with Gasteiger partial charge in [0, 0.05) is 75.3 Å². The highest BCUT2D eigenvalue weighted by Crippen LogP contribution is 2.41. The molecule has 1 aliphatic carbocycles. The Morgan fingerprint density at radius 1 is 1.07 bits per heavy atom. The maximum absolute atomic E-state index is 15.0. The predicted molar refractivity (Wildman–Crippen MR) is 258 cm³/mol. The number of thiazole rings is 1. The number of piperazine rings is 1. The van der Waals surface area contributed by atoms with Crippen LogP contribution in [0.15, 0.2) is 54.2 Å². The summed E-state index contributed by atoms with van der Waals surface area (Å²) in [6, 6.07) is 10.8. The normalized spacial score (nSPS) is 18.6. The maximum atomic E-state index is 15.0. The highest BCUT2D eigenvalue weighted by molar-refractivity contribution is 8.00. The van der Waals surface area contributed by atoms with Gasteiger partial charge in [-0.3, -0.25) is 24.1 Å². The smallest absolute Gasteiger partial charge is 0.258 e. The van der Waals surface area contributed by atoms with E-state index in [-0.39, 0.29) is 38.3 Å². The first-order valence-corrected chi connectivity index (χ1v) is 24.5. The molecule has 4 amide bonds. The topological polar surface area (TPSA) is 203 Å². The number of aryl methyl sites for hydroxylation is 1. The number of methoxy groups -OCH3 is 1. The quantitative estimate of drug-likeness (QED) is 0.0748. The van der Waals surface area contributed by atoms with Gasteiger partial charge in [0.25, 0.3) is 11.8 Å². The fourth-order valence-electron chi connectivity index (χ4n) is 8.01. The van der Waals surface area contributed by atoms with Gasteiger partial charge < -0.3 is 45.6 Å². The number of halogens is 2. The lowest BCUT2D eigenvalue weighted by atomic mass is 10.00. The molecule has 3 atom stereocenters. The third-order valence-electron chi connectivity index (χ3n) is 12.2. The molecule has 4 heterocycles. The number of hydrogen-bond acceptors (Lipinski definition) is 15. The Morgan fingerprint density at radius 2 is 1.82 bits per heavy atom. The summed E-state index contributed by atoms with van der Waals surface area (Å²) >= 11 is 9.07. The average Bonchev–Trinajstić information content (AvgIpc) is 3.74. The van der Waals surface area contributed by atoms with E-state index < -0.39 is 46.3 Å². The van der Waals surface area contributed by atoms with Gasteiger partial charge in [-0.15, -0.1) is 11.3 Å². The zero-order valence-electron chi connectivity index (χ0n) is 38.3. The van der Waals surface area contributed by atoms with Crippen LogP contribution in [0.4, 0.5) is 21.8 Å². The van der Waals surface area contributed by atoms with Gasteiger partial charge in [-0.05, 0) is 62.9 Å². The van der Waals surface area contributed by atoms with Crippen molar-refractivity contribution in [1.29, 1.82) is 0 Å². The molecule has 67 heavy (non-hydrogen) atoms. The second-order valence-corrected chi connectivity index (χ2v) is 20.3. The summed E-state index contributed by atoms with van der Waals surface area (Å²) < 4.78 is 25.7. The van der Waals surface area contributed by atoms with Crippen molar-refractivity contribution < 1.29 is 38.1 Å². The van der Waals surface area contributed by atoms with E-state index in [2.05, 4.69) is 41.1 Å². The summed E-state index contributed by atoms with van der Waals surface area (Å²) in [5.74, 6) is -0.232. The summed E-state index contributed by atoms with van der Waals surface area (Å²) in [7, 11) is 3.24. The SMILES string of the molecule is CNc1nc(Nc2ccc(C(=O)N3CCN(CCOCCSC(C)(C)[C@H](NC(=O)C4(F)CC4)C(=O)N4C[C@H](O)C[C@H]4C(=O)NCc4ccc(-c5scnc5C)cc4)CC3)cc2OC)ncc1Cl. The van der Waals surface area contributed by atoms with Crippen LogP contribution < -0.4 is 26.0 Å². The molecule has 0 unspecified atom stereocenters. The molecule has 21 heteroatoms. The van der Waals surface area contributed by atoms with Crippen molar-refractivity contribution in [2.75, 3.05) is 83.0 Å². The third kappa shape index (κ3) is 12.3. The molecule has 5 N–H and O–H groups in total. The molecule has 0 spiro atoms. The number of carbonyl (C=O) groups is 4. The van der Waals surface area contributed by atoms with E-state index in [1.165, 1.54) is 30.0 Å². The number of nitrogens with zero attached hydrogens (tertiary/aromatic N) is 6. The van der Waals surface area contributed by atoms with E-state index in [0.717, 1.165) is 21.7 Å². The number of carbonyl (C=O) groups excluding carboxylic acids is 4. The van der Waals surface area contributed by atoms with E-state index in [4.69, 9.17) is 21.1 Å². The highest BCUT2D eigenvalue weighted by atomic mass is 35.5. The van der Waals surface area contributed by atoms with Crippen LogP contribution in [-0.4, -0.2) is 159 Å². The minimum Gasteiger partial charge on any atom is -0.495 e. The number of hydrogen-bond donors (Lipinski definition) is 5. The second kappa shape index (κ2) is 21.9. The summed E-state index contributed by atoms with van der Waals surface area (Å²) in [6.07, 6.45) is 0.724. The summed E-state index contributed by atoms with van der Waals surface area (Å²) in [6.45, 7) is 9.52. The number of anilines is 3. The maximum Gasteiger partial charge on any atom is 0.258 e. The van der Waals surface area contributed by atoms with Gasteiger partial charge in [0.2, 0.25) is 17.8 Å². The molecule has 2 aromatic heterocycles. The van der Waals surface area contributed by atoms with Crippen LogP contribution in [0.5, 0.6) is 5.75 Å². The van der Waals surface area contributed by atoms with E-state index in [9.17, 15) is 24.3 Å².